The highest BCUT2D eigenvalue weighted by Gasteiger charge is 2.05. The number of pyridine rings is 1. The van der Waals surface area contributed by atoms with Crippen LogP contribution in [0.5, 0.6) is 0 Å². The second-order valence-electron chi connectivity index (χ2n) is 5.16. The summed E-state index contributed by atoms with van der Waals surface area (Å²) in [4.78, 5) is 15.8. The van der Waals surface area contributed by atoms with Crippen LogP contribution in [-0.2, 0) is 0 Å². The van der Waals surface area contributed by atoms with Crippen LogP contribution in [0.1, 0.15) is 48.2 Å². The average molecular weight is 281 g/mol. The Morgan fingerprint density at radius 2 is 1.86 bits per heavy atom. The molecule has 0 unspecified atom stereocenters. The summed E-state index contributed by atoms with van der Waals surface area (Å²) in [7, 11) is 0. The van der Waals surface area contributed by atoms with Gasteiger partial charge in [-0.25, -0.2) is 5.43 Å². The van der Waals surface area contributed by atoms with Crippen molar-refractivity contribution in [1.29, 1.82) is 0 Å². The number of rotatable bonds is 4. The molecule has 0 aliphatic rings. The van der Waals surface area contributed by atoms with Crippen molar-refractivity contribution in [2.24, 2.45) is 5.10 Å². The normalized spacial score (nSPS) is 11.5. The number of carbonyl (C=O) groups excluding carboxylic acids is 1. The maximum Gasteiger partial charge on any atom is 0.272 e. The molecule has 1 N–H and O–H groups in total. The van der Waals surface area contributed by atoms with Crippen LogP contribution < -0.4 is 5.43 Å². The maximum absolute atomic E-state index is 11.9. The van der Waals surface area contributed by atoms with Crippen LogP contribution in [0.2, 0.25) is 0 Å². The number of amides is 1. The van der Waals surface area contributed by atoms with Crippen molar-refractivity contribution in [1.82, 2.24) is 10.4 Å². The van der Waals surface area contributed by atoms with Crippen LogP contribution in [0.15, 0.2) is 53.9 Å². The highest BCUT2D eigenvalue weighted by molar-refractivity contribution is 6.00. The third-order valence-electron chi connectivity index (χ3n) is 3.24. The highest BCUT2D eigenvalue weighted by atomic mass is 16.2. The Morgan fingerprint density at radius 1 is 1.14 bits per heavy atom. The lowest BCUT2D eigenvalue weighted by atomic mass is 10.0. The number of benzene rings is 1. The molecule has 2 aromatic rings. The van der Waals surface area contributed by atoms with Gasteiger partial charge in [0.1, 0.15) is 0 Å². The molecule has 0 fully saturated rings. The second kappa shape index (κ2) is 6.79. The molecule has 0 radical (unpaired) electrons. The molecule has 1 aromatic heterocycles. The zero-order chi connectivity index (χ0) is 15.2. The molecule has 0 aliphatic carbocycles. The van der Waals surface area contributed by atoms with E-state index in [1.807, 2.05) is 19.1 Å². The fourth-order valence-electron chi connectivity index (χ4n) is 1.87. The van der Waals surface area contributed by atoms with Crippen LogP contribution >= 0.6 is 0 Å². The Hall–Kier alpha value is -2.49. The fraction of sp³-hybridized carbons (Fsp3) is 0.235. The Labute approximate surface area is 124 Å². The van der Waals surface area contributed by atoms with Crippen LogP contribution in [0, 0.1) is 0 Å². The van der Waals surface area contributed by atoms with Crippen molar-refractivity contribution in [3.8, 4) is 0 Å². The molecule has 108 valence electrons. The number of hydrogen-bond donors (Lipinski definition) is 1. The minimum absolute atomic E-state index is 0.263. The van der Waals surface area contributed by atoms with Crippen LogP contribution in [-0.4, -0.2) is 16.6 Å². The first-order chi connectivity index (χ1) is 10.1. The van der Waals surface area contributed by atoms with Gasteiger partial charge in [0.05, 0.1) is 11.3 Å². The monoisotopic (exact) mass is 281 g/mol. The number of hydrogen-bond acceptors (Lipinski definition) is 3. The number of nitrogens with zero attached hydrogens (tertiary/aromatic N) is 2. The lowest BCUT2D eigenvalue weighted by Gasteiger charge is -2.07. The molecule has 0 aliphatic heterocycles. The first-order valence-electron chi connectivity index (χ1n) is 6.93. The number of nitrogens with one attached hydrogen (secondary N) is 1. The minimum atomic E-state index is -0.263. The fourth-order valence-corrected chi connectivity index (χ4v) is 1.87. The second-order valence-corrected chi connectivity index (χ2v) is 5.16. The van der Waals surface area contributed by atoms with E-state index in [1.165, 1.54) is 11.8 Å². The first-order valence-corrected chi connectivity index (χ1v) is 6.93. The molecule has 0 saturated carbocycles. The summed E-state index contributed by atoms with van der Waals surface area (Å²) < 4.78 is 0. The molecular formula is C17H19N3O. The summed E-state index contributed by atoms with van der Waals surface area (Å²) in [6.07, 6.45) is 3.14. The minimum Gasteiger partial charge on any atom is -0.267 e. The Morgan fingerprint density at radius 3 is 2.43 bits per heavy atom. The molecule has 0 saturated heterocycles. The molecule has 1 amide bonds. The van der Waals surface area contributed by atoms with E-state index in [9.17, 15) is 4.79 Å². The van der Waals surface area contributed by atoms with E-state index in [1.54, 1.807) is 18.3 Å². The maximum atomic E-state index is 11.9. The van der Waals surface area contributed by atoms with Gasteiger partial charge in [-0.3, -0.25) is 9.78 Å². The van der Waals surface area contributed by atoms with E-state index in [4.69, 9.17) is 0 Å². The van der Waals surface area contributed by atoms with E-state index < -0.39 is 0 Å². The molecule has 1 aromatic carbocycles. The van der Waals surface area contributed by atoms with Gasteiger partial charge in [-0.1, -0.05) is 38.1 Å². The van der Waals surface area contributed by atoms with Gasteiger partial charge in [-0.2, -0.15) is 5.10 Å². The first kappa shape index (κ1) is 14.9. The van der Waals surface area contributed by atoms with Crippen molar-refractivity contribution in [2.45, 2.75) is 26.7 Å². The molecule has 2 rings (SSSR count). The van der Waals surface area contributed by atoms with Crippen LogP contribution in [0.4, 0.5) is 0 Å². The van der Waals surface area contributed by atoms with Gasteiger partial charge in [0.15, 0.2) is 0 Å². The Bertz CT molecular complexity index is 631. The molecule has 0 bridgehead atoms. The van der Waals surface area contributed by atoms with Crippen molar-refractivity contribution in [3.05, 3.63) is 65.5 Å². The Balaban J connectivity index is 2.05. The average Bonchev–Trinajstić information content (AvgIpc) is 2.53. The van der Waals surface area contributed by atoms with Crippen molar-refractivity contribution in [2.75, 3.05) is 0 Å². The lowest BCUT2D eigenvalue weighted by molar-refractivity contribution is 0.0954. The predicted molar refractivity (Wildman–Crippen MR) is 84.4 cm³/mol. The zero-order valence-electron chi connectivity index (χ0n) is 12.5. The van der Waals surface area contributed by atoms with Gasteiger partial charge in [0, 0.05) is 12.4 Å². The number of hydrazone groups is 1. The van der Waals surface area contributed by atoms with Crippen molar-refractivity contribution in [3.63, 3.8) is 0 Å². The van der Waals surface area contributed by atoms with E-state index in [2.05, 4.69) is 41.5 Å². The van der Waals surface area contributed by atoms with Crippen molar-refractivity contribution >= 4 is 11.6 Å². The summed E-state index contributed by atoms with van der Waals surface area (Å²) in [6, 6.07) is 11.6. The molecular weight excluding hydrogens is 262 g/mol. The van der Waals surface area contributed by atoms with Gasteiger partial charge < -0.3 is 0 Å². The van der Waals surface area contributed by atoms with E-state index in [-0.39, 0.29) is 5.91 Å². The summed E-state index contributed by atoms with van der Waals surface area (Å²) in [5.41, 5.74) is 6.07. The predicted octanol–water partition coefficient (Wildman–Crippen LogP) is 3.36. The molecule has 1 heterocycles. The summed E-state index contributed by atoms with van der Waals surface area (Å²) >= 11 is 0. The number of aromatic nitrogens is 1. The van der Waals surface area contributed by atoms with E-state index in [0.29, 0.717) is 11.5 Å². The lowest BCUT2D eigenvalue weighted by Crippen LogP contribution is -2.19. The van der Waals surface area contributed by atoms with Gasteiger partial charge >= 0.3 is 0 Å². The number of carbonyl (C=O) groups is 1. The van der Waals surface area contributed by atoms with E-state index in [0.717, 1.165) is 11.3 Å². The topological polar surface area (TPSA) is 54.4 Å². The Kier molecular flexibility index (Phi) is 4.82. The highest BCUT2D eigenvalue weighted by Crippen LogP contribution is 2.15. The third-order valence-corrected chi connectivity index (χ3v) is 3.24. The molecule has 4 heteroatoms. The molecule has 4 nitrogen and oxygen atoms in total. The van der Waals surface area contributed by atoms with Crippen LogP contribution in [0.25, 0.3) is 0 Å². The van der Waals surface area contributed by atoms with Gasteiger partial charge in [-0.05, 0) is 36.1 Å². The van der Waals surface area contributed by atoms with Gasteiger partial charge in [0.25, 0.3) is 5.91 Å². The smallest absolute Gasteiger partial charge is 0.267 e. The van der Waals surface area contributed by atoms with Crippen LogP contribution in [0.3, 0.4) is 0 Å². The zero-order valence-corrected chi connectivity index (χ0v) is 12.5. The summed E-state index contributed by atoms with van der Waals surface area (Å²) in [5.74, 6) is 0.239. The molecule has 21 heavy (non-hydrogen) atoms. The summed E-state index contributed by atoms with van der Waals surface area (Å²) in [5, 5.41) is 4.13. The largest absolute Gasteiger partial charge is 0.272 e. The standard InChI is InChI=1S/C17H19N3O/c1-12(2)14-6-8-15(9-7-14)13(3)19-20-17(21)16-5-4-10-18-11-16/h4-12H,1-3H3,(H,20,21)/b19-13-. The molecule has 0 spiro atoms. The van der Waals surface area contributed by atoms with Crippen molar-refractivity contribution < 1.29 is 4.79 Å². The van der Waals surface area contributed by atoms with E-state index >= 15 is 0 Å². The third kappa shape index (κ3) is 3.99. The van der Waals surface area contributed by atoms with Gasteiger partial charge in [0.2, 0.25) is 0 Å². The summed E-state index contributed by atoms with van der Waals surface area (Å²) in [6.45, 7) is 6.18. The quantitative estimate of drug-likeness (QED) is 0.690. The van der Waals surface area contributed by atoms with Gasteiger partial charge in [-0.15, -0.1) is 0 Å². The SMILES string of the molecule is C/C(=N/NC(=O)c1cccnc1)c1ccc(C(C)C)cc1. The molecule has 0 atom stereocenters.